The van der Waals surface area contributed by atoms with Crippen LogP contribution in [0.3, 0.4) is 0 Å². The molecule has 1 spiro atoms. The van der Waals surface area contributed by atoms with Crippen LogP contribution in [0.15, 0.2) is 21.4 Å². The SMILES string of the molecule is CC1CCCC1N1C(=O)C2(CC2)C(C=NC2CCNCC2)=C1/N=C/N. The van der Waals surface area contributed by atoms with E-state index in [1.807, 2.05) is 11.1 Å². The molecule has 6 nitrogen and oxygen atoms in total. The third kappa shape index (κ3) is 2.80. The summed E-state index contributed by atoms with van der Waals surface area (Å²) in [7, 11) is 0. The van der Waals surface area contributed by atoms with Crippen molar-refractivity contribution in [2.45, 2.75) is 64.0 Å². The zero-order chi connectivity index (χ0) is 17.4. The highest BCUT2D eigenvalue weighted by molar-refractivity contribution is 6.03. The second kappa shape index (κ2) is 6.56. The minimum atomic E-state index is -0.361. The highest BCUT2D eigenvalue weighted by Gasteiger charge is 2.62. The lowest BCUT2D eigenvalue weighted by Crippen LogP contribution is -2.40. The number of nitrogens with one attached hydrogen (secondary N) is 1. The molecule has 0 radical (unpaired) electrons. The second-order valence-electron chi connectivity index (χ2n) is 8.01. The zero-order valence-electron chi connectivity index (χ0n) is 15.1. The first-order valence-electron chi connectivity index (χ1n) is 9.74. The maximum atomic E-state index is 13.3. The third-order valence-electron chi connectivity index (χ3n) is 6.43. The van der Waals surface area contributed by atoms with Gasteiger partial charge in [0.15, 0.2) is 0 Å². The number of nitrogens with two attached hydrogens (primary N) is 1. The normalized spacial score (nSPS) is 32.8. The van der Waals surface area contributed by atoms with E-state index in [1.54, 1.807) is 0 Å². The molecule has 136 valence electrons. The average molecular weight is 343 g/mol. The van der Waals surface area contributed by atoms with Crippen LogP contribution in [0.1, 0.15) is 51.9 Å². The van der Waals surface area contributed by atoms with Crippen molar-refractivity contribution in [1.82, 2.24) is 10.2 Å². The van der Waals surface area contributed by atoms with Crippen molar-refractivity contribution in [3.63, 3.8) is 0 Å². The van der Waals surface area contributed by atoms with Gasteiger partial charge < -0.3 is 11.1 Å². The topological polar surface area (TPSA) is 83.1 Å². The molecule has 2 atom stereocenters. The first-order chi connectivity index (χ1) is 12.2. The Balaban J connectivity index is 1.67. The van der Waals surface area contributed by atoms with Crippen LogP contribution in [-0.2, 0) is 4.79 Å². The van der Waals surface area contributed by atoms with Gasteiger partial charge in [-0.05, 0) is 57.5 Å². The highest BCUT2D eigenvalue weighted by Crippen LogP contribution is 2.59. The smallest absolute Gasteiger partial charge is 0.239 e. The van der Waals surface area contributed by atoms with E-state index in [-0.39, 0.29) is 17.4 Å². The molecule has 4 rings (SSSR count). The van der Waals surface area contributed by atoms with Gasteiger partial charge in [0, 0.05) is 17.8 Å². The lowest BCUT2D eigenvalue weighted by Gasteiger charge is -2.29. The van der Waals surface area contributed by atoms with E-state index in [0.29, 0.717) is 12.0 Å². The van der Waals surface area contributed by atoms with Crippen molar-refractivity contribution < 1.29 is 4.79 Å². The number of carbonyl (C=O) groups excluding carboxylic acids is 1. The molecule has 4 aliphatic rings. The Morgan fingerprint density at radius 3 is 2.60 bits per heavy atom. The van der Waals surface area contributed by atoms with E-state index in [0.717, 1.165) is 56.6 Å². The molecule has 6 heteroatoms. The van der Waals surface area contributed by atoms with Crippen molar-refractivity contribution in [3.8, 4) is 0 Å². The molecule has 2 aliphatic heterocycles. The van der Waals surface area contributed by atoms with Crippen LogP contribution >= 0.6 is 0 Å². The Labute approximate surface area is 149 Å². The lowest BCUT2D eigenvalue weighted by atomic mass is 9.98. The van der Waals surface area contributed by atoms with Gasteiger partial charge in [0.1, 0.15) is 5.82 Å². The van der Waals surface area contributed by atoms with E-state index in [4.69, 9.17) is 10.7 Å². The van der Waals surface area contributed by atoms with Gasteiger partial charge in [-0.25, -0.2) is 4.99 Å². The molecule has 0 aromatic carbocycles. The molecule has 3 N–H and O–H groups in total. The number of carbonyl (C=O) groups is 1. The number of rotatable bonds is 4. The van der Waals surface area contributed by atoms with Gasteiger partial charge in [0.2, 0.25) is 5.91 Å². The Hall–Kier alpha value is -1.69. The first kappa shape index (κ1) is 16.8. The predicted molar refractivity (Wildman–Crippen MR) is 99.4 cm³/mol. The molecule has 0 bridgehead atoms. The van der Waals surface area contributed by atoms with Crippen molar-refractivity contribution in [2.24, 2.45) is 27.1 Å². The van der Waals surface area contributed by atoms with Crippen LogP contribution in [0.2, 0.25) is 0 Å². The fraction of sp³-hybridized carbons (Fsp3) is 0.737. The first-order valence-corrected chi connectivity index (χ1v) is 9.74. The number of hydrogen-bond acceptors (Lipinski definition) is 4. The van der Waals surface area contributed by atoms with E-state index in [9.17, 15) is 4.79 Å². The summed E-state index contributed by atoms with van der Waals surface area (Å²) >= 11 is 0. The molecular weight excluding hydrogens is 314 g/mol. The molecule has 1 amide bonds. The Kier molecular flexibility index (Phi) is 4.40. The van der Waals surface area contributed by atoms with Crippen LogP contribution in [-0.4, -0.2) is 48.5 Å². The molecule has 2 saturated carbocycles. The molecule has 1 saturated heterocycles. The summed E-state index contributed by atoms with van der Waals surface area (Å²) in [5.41, 5.74) is 6.29. The summed E-state index contributed by atoms with van der Waals surface area (Å²) < 4.78 is 0. The fourth-order valence-electron chi connectivity index (χ4n) is 4.73. The largest absolute Gasteiger partial charge is 0.390 e. The highest BCUT2D eigenvalue weighted by atomic mass is 16.2. The predicted octanol–water partition coefficient (Wildman–Crippen LogP) is 1.82. The van der Waals surface area contributed by atoms with E-state index in [1.165, 1.54) is 19.2 Å². The zero-order valence-corrected chi connectivity index (χ0v) is 15.1. The van der Waals surface area contributed by atoms with Crippen molar-refractivity contribution >= 4 is 18.5 Å². The molecule has 0 aromatic rings. The molecule has 0 aromatic heterocycles. The van der Waals surface area contributed by atoms with Crippen molar-refractivity contribution in [2.75, 3.05) is 13.1 Å². The summed E-state index contributed by atoms with van der Waals surface area (Å²) in [6.07, 6.45) is 10.7. The van der Waals surface area contributed by atoms with Gasteiger partial charge >= 0.3 is 0 Å². The molecule has 2 heterocycles. The molecule has 2 unspecified atom stereocenters. The van der Waals surface area contributed by atoms with Crippen molar-refractivity contribution in [3.05, 3.63) is 11.4 Å². The average Bonchev–Trinajstić information content (AvgIpc) is 3.27. The quantitative estimate of drug-likeness (QED) is 0.603. The maximum absolute atomic E-state index is 13.3. The minimum Gasteiger partial charge on any atom is -0.390 e. The molecule has 2 aliphatic carbocycles. The standard InChI is InChI=1S/C19H29N5O/c1-13-3-2-4-16(13)24-17(23-12-20)15(19(7-8-19)18(24)25)11-22-14-5-9-21-10-6-14/h11-14,16,21H,2-10H2,1H3,(H2,20,23). The van der Waals surface area contributed by atoms with Gasteiger partial charge in [0.25, 0.3) is 0 Å². The Morgan fingerprint density at radius 1 is 1.24 bits per heavy atom. The van der Waals surface area contributed by atoms with Gasteiger partial charge in [-0.2, -0.15) is 0 Å². The Bertz CT molecular complexity index is 628. The van der Waals surface area contributed by atoms with Crippen molar-refractivity contribution in [1.29, 1.82) is 0 Å². The number of hydrogen-bond donors (Lipinski definition) is 2. The van der Waals surface area contributed by atoms with Gasteiger partial charge in [0.05, 0.1) is 17.8 Å². The fourth-order valence-corrected chi connectivity index (χ4v) is 4.73. The summed E-state index contributed by atoms with van der Waals surface area (Å²) in [6.45, 7) is 4.28. The Morgan fingerprint density at radius 2 is 2.00 bits per heavy atom. The summed E-state index contributed by atoms with van der Waals surface area (Å²) in [6, 6.07) is 0.607. The lowest BCUT2D eigenvalue weighted by molar-refractivity contribution is -0.134. The number of aliphatic imine (C=N–C) groups is 2. The maximum Gasteiger partial charge on any atom is 0.239 e. The summed E-state index contributed by atoms with van der Waals surface area (Å²) in [5, 5.41) is 3.37. The van der Waals surface area contributed by atoms with Gasteiger partial charge in [-0.15, -0.1) is 0 Å². The summed E-state index contributed by atoms with van der Waals surface area (Å²) in [5.74, 6) is 1.52. The molecule has 25 heavy (non-hydrogen) atoms. The number of nitrogens with zero attached hydrogens (tertiary/aromatic N) is 3. The van der Waals surface area contributed by atoms with Crippen LogP contribution in [0.4, 0.5) is 0 Å². The molecule has 3 fully saturated rings. The van der Waals surface area contributed by atoms with Gasteiger partial charge in [-0.3, -0.25) is 14.7 Å². The van der Waals surface area contributed by atoms with Crippen LogP contribution in [0, 0.1) is 11.3 Å². The third-order valence-corrected chi connectivity index (χ3v) is 6.43. The number of piperidine rings is 1. The van der Waals surface area contributed by atoms with E-state index >= 15 is 0 Å². The van der Waals surface area contributed by atoms with Crippen LogP contribution in [0.25, 0.3) is 0 Å². The summed E-state index contributed by atoms with van der Waals surface area (Å²) in [4.78, 5) is 24.5. The van der Waals surface area contributed by atoms with Crippen LogP contribution < -0.4 is 11.1 Å². The second-order valence-corrected chi connectivity index (χ2v) is 8.01. The van der Waals surface area contributed by atoms with E-state index < -0.39 is 0 Å². The van der Waals surface area contributed by atoms with Gasteiger partial charge in [-0.1, -0.05) is 13.3 Å². The van der Waals surface area contributed by atoms with Crippen LogP contribution in [0.5, 0.6) is 0 Å². The van der Waals surface area contributed by atoms with E-state index in [2.05, 4.69) is 17.2 Å². The number of amides is 1. The monoisotopic (exact) mass is 343 g/mol. The molecular formula is C19H29N5O. The minimum absolute atomic E-state index is 0.235.